The van der Waals surface area contributed by atoms with Crippen LogP contribution in [0.4, 0.5) is 0 Å². The van der Waals surface area contributed by atoms with Gasteiger partial charge in [-0.1, -0.05) is 0 Å². The zero-order valence-corrected chi connectivity index (χ0v) is 9.14. The number of hydrogen-bond donors (Lipinski definition) is 7. The van der Waals surface area contributed by atoms with Crippen LogP contribution in [0.3, 0.4) is 0 Å². The molecule has 17 heavy (non-hydrogen) atoms. The largest absolute Gasteiger partial charge is 0.388 e. The molecule has 0 aromatic heterocycles. The van der Waals surface area contributed by atoms with E-state index in [1.165, 1.54) is 0 Å². The van der Waals surface area contributed by atoms with Crippen LogP contribution in [0.2, 0.25) is 0 Å². The quantitative estimate of drug-likeness (QED) is 0.189. The number of guanidine groups is 2. The van der Waals surface area contributed by atoms with E-state index < -0.39 is 30.4 Å². The first-order valence-electron chi connectivity index (χ1n) is 5.04. The Hall–Kier alpha value is -1.58. The Bertz CT molecular complexity index is 295. The lowest BCUT2D eigenvalue weighted by atomic mass is 9.84. The van der Waals surface area contributed by atoms with Crippen LogP contribution in [0.25, 0.3) is 0 Å². The van der Waals surface area contributed by atoms with Gasteiger partial charge >= 0.3 is 0 Å². The highest BCUT2D eigenvalue weighted by Crippen LogP contribution is 2.25. The van der Waals surface area contributed by atoms with Crippen molar-refractivity contribution in [2.45, 2.75) is 36.8 Å². The summed E-state index contributed by atoms with van der Waals surface area (Å²) in [5, 5.41) is 29.0. The summed E-state index contributed by atoms with van der Waals surface area (Å²) in [7, 11) is 0. The van der Waals surface area contributed by atoms with Crippen molar-refractivity contribution < 1.29 is 15.3 Å². The van der Waals surface area contributed by atoms with Crippen LogP contribution in [0.5, 0.6) is 0 Å². The molecule has 9 heteroatoms. The Kier molecular flexibility index (Phi) is 4.10. The van der Waals surface area contributed by atoms with Crippen molar-refractivity contribution in [1.29, 1.82) is 0 Å². The second kappa shape index (κ2) is 5.17. The first-order chi connectivity index (χ1) is 7.82. The molecule has 98 valence electrons. The molecule has 0 aromatic rings. The molecule has 1 fully saturated rings. The highest BCUT2D eigenvalue weighted by Gasteiger charge is 2.42. The summed E-state index contributed by atoms with van der Waals surface area (Å²) >= 11 is 0. The van der Waals surface area contributed by atoms with Crippen molar-refractivity contribution in [3.8, 4) is 0 Å². The van der Waals surface area contributed by atoms with Crippen LogP contribution in [-0.4, -0.2) is 57.6 Å². The van der Waals surface area contributed by atoms with Crippen molar-refractivity contribution >= 4 is 11.9 Å². The minimum absolute atomic E-state index is 0.134. The predicted octanol–water partition coefficient (Wildman–Crippen LogP) is -4.24. The van der Waals surface area contributed by atoms with E-state index in [0.717, 1.165) is 0 Å². The summed E-state index contributed by atoms with van der Waals surface area (Å²) in [6.07, 6.45) is -3.81. The number of nitrogens with zero attached hydrogens (tertiary/aromatic N) is 2. The summed E-state index contributed by atoms with van der Waals surface area (Å²) in [5.41, 5.74) is 20.8. The third kappa shape index (κ3) is 3.19. The predicted molar refractivity (Wildman–Crippen MR) is 61.8 cm³/mol. The zero-order valence-electron chi connectivity index (χ0n) is 9.14. The van der Waals surface area contributed by atoms with Gasteiger partial charge in [-0.2, -0.15) is 0 Å². The number of aliphatic hydroxyl groups excluding tert-OH is 3. The average molecular weight is 246 g/mol. The fourth-order valence-corrected chi connectivity index (χ4v) is 1.82. The fourth-order valence-electron chi connectivity index (χ4n) is 1.82. The molecule has 1 aliphatic carbocycles. The molecule has 0 heterocycles. The maximum absolute atomic E-state index is 9.67. The molecular formula is C8H18N6O3. The van der Waals surface area contributed by atoms with E-state index >= 15 is 0 Å². The van der Waals surface area contributed by atoms with Gasteiger partial charge in [0.15, 0.2) is 11.9 Å². The number of aliphatic imine (C=N–C) groups is 2. The molecule has 0 aliphatic heterocycles. The Morgan fingerprint density at radius 2 is 1.12 bits per heavy atom. The molecule has 0 saturated heterocycles. The van der Waals surface area contributed by atoms with Crippen molar-refractivity contribution in [1.82, 2.24) is 0 Å². The molecule has 1 rings (SSSR count). The van der Waals surface area contributed by atoms with Gasteiger partial charge in [0, 0.05) is 0 Å². The minimum atomic E-state index is -1.41. The maximum Gasteiger partial charge on any atom is 0.186 e. The van der Waals surface area contributed by atoms with Crippen molar-refractivity contribution in [3.63, 3.8) is 0 Å². The van der Waals surface area contributed by atoms with Gasteiger partial charge in [-0.3, -0.25) is 0 Å². The molecule has 0 aromatic carbocycles. The lowest BCUT2D eigenvalue weighted by Crippen LogP contribution is -2.55. The molecule has 0 radical (unpaired) electrons. The van der Waals surface area contributed by atoms with Crippen LogP contribution in [0, 0.1) is 0 Å². The molecular weight excluding hydrogens is 228 g/mol. The molecule has 11 N–H and O–H groups in total. The lowest BCUT2D eigenvalue weighted by Gasteiger charge is -2.37. The number of aliphatic hydroxyl groups is 3. The highest BCUT2D eigenvalue weighted by atomic mass is 16.4. The Morgan fingerprint density at radius 3 is 1.41 bits per heavy atom. The molecule has 0 amide bonds. The van der Waals surface area contributed by atoms with E-state index in [1.807, 2.05) is 0 Å². The summed E-state index contributed by atoms with van der Waals surface area (Å²) in [5.74, 6) is -0.442. The third-order valence-corrected chi connectivity index (χ3v) is 2.60. The monoisotopic (exact) mass is 246 g/mol. The molecule has 4 atom stereocenters. The second-order valence-electron chi connectivity index (χ2n) is 3.95. The van der Waals surface area contributed by atoms with Gasteiger partial charge in [0.25, 0.3) is 0 Å². The van der Waals surface area contributed by atoms with Crippen molar-refractivity contribution in [2.75, 3.05) is 0 Å². The van der Waals surface area contributed by atoms with Crippen molar-refractivity contribution in [2.24, 2.45) is 32.9 Å². The van der Waals surface area contributed by atoms with Crippen LogP contribution >= 0.6 is 0 Å². The van der Waals surface area contributed by atoms with E-state index in [1.54, 1.807) is 0 Å². The SMILES string of the molecule is NC(N)=NC1CC(N=C(N)N)C(O)C(O)C1O. The van der Waals surface area contributed by atoms with Gasteiger partial charge in [0.05, 0.1) is 12.1 Å². The highest BCUT2D eigenvalue weighted by molar-refractivity contribution is 5.76. The van der Waals surface area contributed by atoms with Gasteiger partial charge in [-0.05, 0) is 6.42 Å². The van der Waals surface area contributed by atoms with Gasteiger partial charge in [-0.25, -0.2) is 9.98 Å². The van der Waals surface area contributed by atoms with Crippen LogP contribution in [0.1, 0.15) is 6.42 Å². The first kappa shape index (κ1) is 13.5. The minimum Gasteiger partial charge on any atom is -0.388 e. The van der Waals surface area contributed by atoms with Crippen molar-refractivity contribution in [3.05, 3.63) is 0 Å². The summed E-state index contributed by atoms with van der Waals surface area (Å²) in [6.45, 7) is 0. The van der Waals surface area contributed by atoms with Gasteiger partial charge in [0.2, 0.25) is 0 Å². The Balaban J connectivity index is 2.90. The number of hydrogen-bond acceptors (Lipinski definition) is 5. The first-order valence-corrected chi connectivity index (χ1v) is 5.04. The molecule has 1 saturated carbocycles. The summed E-state index contributed by atoms with van der Waals surface area (Å²) < 4.78 is 0. The van der Waals surface area contributed by atoms with E-state index in [-0.39, 0.29) is 18.3 Å². The zero-order chi connectivity index (χ0) is 13.2. The topological polar surface area (TPSA) is 189 Å². The summed E-state index contributed by atoms with van der Waals surface area (Å²) in [4.78, 5) is 7.52. The summed E-state index contributed by atoms with van der Waals surface area (Å²) in [6, 6.07) is -1.52. The molecule has 0 spiro atoms. The Labute approximate surface area is 97.8 Å². The normalized spacial score (nSPS) is 37.2. The fraction of sp³-hybridized carbons (Fsp3) is 0.750. The van der Waals surface area contributed by atoms with E-state index in [2.05, 4.69) is 9.98 Å². The van der Waals surface area contributed by atoms with Crippen LogP contribution in [-0.2, 0) is 0 Å². The second-order valence-corrected chi connectivity index (χ2v) is 3.95. The van der Waals surface area contributed by atoms with Gasteiger partial charge in [0.1, 0.15) is 18.3 Å². The smallest absolute Gasteiger partial charge is 0.186 e. The van der Waals surface area contributed by atoms with Crippen LogP contribution < -0.4 is 22.9 Å². The van der Waals surface area contributed by atoms with Gasteiger partial charge < -0.3 is 38.3 Å². The maximum atomic E-state index is 9.67. The molecule has 9 nitrogen and oxygen atoms in total. The Morgan fingerprint density at radius 1 is 0.765 bits per heavy atom. The van der Waals surface area contributed by atoms with E-state index in [0.29, 0.717) is 0 Å². The molecule has 1 aliphatic rings. The van der Waals surface area contributed by atoms with E-state index in [4.69, 9.17) is 22.9 Å². The van der Waals surface area contributed by atoms with Crippen LogP contribution in [0.15, 0.2) is 9.98 Å². The number of rotatable bonds is 2. The number of nitrogens with two attached hydrogens (primary N) is 4. The standard InChI is InChI=1S/C8H18N6O3/c9-7(10)13-2-1-3(14-8(11)12)5(16)6(17)4(2)15/h2-6,15-17H,1H2,(H4,9,10,13)(H4,11,12,14). The lowest BCUT2D eigenvalue weighted by molar-refractivity contribution is -0.0996. The molecule has 0 bridgehead atoms. The molecule has 4 unspecified atom stereocenters. The average Bonchev–Trinajstić information content (AvgIpc) is 2.20. The van der Waals surface area contributed by atoms with Gasteiger partial charge in [-0.15, -0.1) is 0 Å². The van der Waals surface area contributed by atoms with E-state index in [9.17, 15) is 15.3 Å². The third-order valence-electron chi connectivity index (χ3n) is 2.60.